The summed E-state index contributed by atoms with van der Waals surface area (Å²) >= 11 is 0. The first-order valence-corrected chi connectivity index (χ1v) is 10.6. The van der Waals surface area contributed by atoms with Crippen molar-refractivity contribution in [1.82, 2.24) is 0 Å². The molecule has 0 atom stereocenters. The second-order valence-corrected chi connectivity index (χ2v) is 7.74. The molecular weight excluding hydrogens is 372 g/mol. The van der Waals surface area contributed by atoms with Gasteiger partial charge in [0.05, 0.1) is 11.4 Å². The number of benzene rings is 1. The molecule has 5 heteroatoms. The van der Waals surface area contributed by atoms with Gasteiger partial charge in [0.15, 0.2) is 5.71 Å². The van der Waals surface area contributed by atoms with Crippen LogP contribution < -0.4 is 15.6 Å². The topological polar surface area (TPSA) is 73.5 Å². The number of nitrogens with zero attached hydrogens (tertiary/aromatic N) is 2. The molecule has 2 aliphatic heterocycles. The number of hydrogen-bond acceptors (Lipinski definition) is 4. The molecule has 3 aliphatic rings. The van der Waals surface area contributed by atoms with Crippen LogP contribution in [0, 0.1) is 0 Å². The van der Waals surface area contributed by atoms with E-state index in [1.165, 1.54) is 17.7 Å². The van der Waals surface area contributed by atoms with Gasteiger partial charge in [-0.25, -0.2) is 0 Å². The maximum absolute atomic E-state index is 10.2. The van der Waals surface area contributed by atoms with E-state index >= 15 is 0 Å². The van der Waals surface area contributed by atoms with Crippen LogP contribution >= 0.6 is 0 Å². The number of aromatic hydroxyl groups is 1. The molecule has 4 rings (SSSR count). The molecule has 1 aromatic carbocycles. The number of hydrogen-bond donors (Lipinski definition) is 3. The van der Waals surface area contributed by atoms with Gasteiger partial charge in [0, 0.05) is 56.5 Å². The molecular formula is C25H33N4O+. The highest BCUT2D eigenvalue weighted by Crippen LogP contribution is 2.43. The van der Waals surface area contributed by atoms with Crippen LogP contribution in [0.15, 0.2) is 59.2 Å². The second-order valence-electron chi connectivity index (χ2n) is 7.74. The lowest BCUT2D eigenvalue weighted by molar-refractivity contribution is -0.113. The molecule has 0 aromatic heterocycles. The summed E-state index contributed by atoms with van der Waals surface area (Å²) in [6.07, 6.45) is 14.2. The van der Waals surface area contributed by atoms with Gasteiger partial charge < -0.3 is 15.3 Å². The summed E-state index contributed by atoms with van der Waals surface area (Å²) in [7, 11) is 3.64. The fourth-order valence-electron chi connectivity index (χ4n) is 4.41. The first kappa shape index (κ1) is 21.6. The Morgan fingerprint density at radius 3 is 2.57 bits per heavy atom. The molecule has 0 fully saturated rings. The normalized spacial score (nSPS) is 19.6. The summed E-state index contributed by atoms with van der Waals surface area (Å²) < 4.78 is 0. The average molecular weight is 406 g/mol. The van der Waals surface area contributed by atoms with E-state index in [4.69, 9.17) is 5.41 Å². The van der Waals surface area contributed by atoms with Crippen LogP contribution in [0.4, 0.5) is 11.4 Å². The summed E-state index contributed by atoms with van der Waals surface area (Å²) in [5, 5.41) is 19.1. The average Bonchev–Trinajstić information content (AvgIpc) is 2.77. The molecule has 4 N–H and O–H groups in total. The zero-order chi connectivity index (χ0) is 21.7. The lowest BCUT2D eigenvalue weighted by atomic mass is 9.90. The summed E-state index contributed by atoms with van der Waals surface area (Å²) in [6.45, 7) is 7.92. The van der Waals surface area contributed by atoms with E-state index in [1.807, 2.05) is 38.3 Å². The summed E-state index contributed by atoms with van der Waals surface area (Å²) in [4.78, 5) is 6.63. The second kappa shape index (κ2) is 9.61. The number of allylic oxidation sites excluding steroid dienone is 7. The number of aliphatic imine (C=N–C) groups is 1. The smallest absolute Gasteiger partial charge is 0.177 e. The minimum absolute atomic E-state index is 0.466. The van der Waals surface area contributed by atoms with Crippen molar-refractivity contribution in [3.8, 4) is 5.75 Å². The number of aryl methyl sites for hydroxylation is 1. The molecule has 0 radical (unpaired) electrons. The Labute approximate surface area is 179 Å². The molecule has 1 aromatic rings. The van der Waals surface area contributed by atoms with Crippen molar-refractivity contribution < 1.29 is 10.5 Å². The number of nitrogens with two attached hydrogens (primary N) is 1. The van der Waals surface area contributed by atoms with Gasteiger partial charge in [-0.2, -0.15) is 0 Å². The van der Waals surface area contributed by atoms with E-state index in [-0.39, 0.29) is 0 Å². The monoisotopic (exact) mass is 405 g/mol. The Bertz CT molecular complexity index is 964. The third-order valence-corrected chi connectivity index (χ3v) is 5.83. The van der Waals surface area contributed by atoms with E-state index < -0.39 is 0 Å². The van der Waals surface area contributed by atoms with E-state index in [9.17, 15) is 5.11 Å². The predicted molar refractivity (Wildman–Crippen MR) is 128 cm³/mol. The first-order valence-electron chi connectivity index (χ1n) is 10.6. The zero-order valence-electron chi connectivity index (χ0n) is 18.3. The number of nitrogens with one attached hydrogen (secondary N) is 1. The Morgan fingerprint density at radius 1 is 1.23 bits per heavy atom. The van der Waals surface area contributed by atoms with Gasteiger partial charge in [-0.05, 0) is 43.4 Å². The number of phenols is 1. The van der Waals surface area contributed by atoms with Gasteiger partial charge in [-0.1, -0.05) is 30.9 Å². The first-order chi connectivity index (χ1) is 14.5. The van der Waals surface area contributed by atoms with Crippen LogP contribution in [0.5, 0.6) is 5.75 Å². The van der Waals surface area contributed by atoms with Crippen molar-refractivity contribution in [2.24, 2.45) is 4.99 Å². The van der Waals surface area contributed by atoms with Crippen LogP contribution in [0.25, 0.3) is 0 Å². The van der Waals surface area contributed by atoms with Crippen LogP contribution in [0.1, 0.15) is 30.9 Å². The minimum atomic E-state index is 0.466. The van der Waals surface area contributed by atoms with Gasteiger partial charge >= 0.3 is 0 Å². The highest BCUT2D eigenvalue weighted by Gasteiger charge is 2.27. The van der Waals surface area contributed by atoms with Gasteiger partial charge in [0.25, 0.3) is 0 Å². The van der Waals surface area contributed by atoms with Crippen molar-refractivity contribution >= 4 is 22.8 Å². The molecule has 0 bridgehead atoms. The predicted octanol–water partition coefficient (Wildman–Crippen LogP) is 3.02. The van der Waals surface area contributed by atoms with E-state index in [2.05, 4.69) is 27.9 Å². The Balaban J connectivity index is 0.000000173. The highest BCUT2D eigenvalue weighted by molar-refractivity contribution is 6.17. The van der Waals surface area contributed by atoms with E-state index in [1.54, 1.807) is 13.1 Å². The quantitative estimate of drug-likeness (QED) is 0.535. The van der Waals surface area contributed by atoms with Gasteiger partial charge in [0.1, 0.15) is 5.75 Å². The Kier molecular flexibility index (Phi) is 6.93. The zero-order valence-corrected chi connectivity index (χ0v) is 18.3. The van der Waals surface area contributed by atoms with Gasteiger partial charge in [0.2, 0.25) is 0 Å². The molecule has 0 spiro atoms. The summed E-state index contributed by atoms with van der Waals surface area (Å²) in [5.74, 6) is 0.466. The lowest BCUT2D eigenvalue weighted by Gasteiger charge is -2.37. The van der Waals surface area contributed by atoms with Gasteiger partial charge in [-0.15, -0.1) is 0 Å². The van der Waals surface area contributed by atoms with Crippen molar-refractivity contribution in [2.45, 2.75) is 32.6 Å². The molecule has 0 saturated carbocycles. The van der Waals surface area contributed by atoms with Crippen LogP contribution in [-0.2, 0) is 12.8 Å². The van der Waals surface area contributed by atoms with E-state index in [0.717, 1.165) is 66.2 Å². The fraction of sp³-hybridized carbons (Fsp3) is 0.360. The third kappa shape index (κ3) is 4.25. The van der Waals surface area contributed by atoms with Crippen molar-refractivity contribution in [3.63, 3.8) is 0 Å². The minimum Gasteiger partial charge on any atom is -0.505 e. The Hall–Kier alpha value is -3.08. The highest BCUT2D eigenvalue weighted by atomic mass is 16.3. The fourth-order valence-corrected chi connectivity index (χ4v) is 4.41. The van der Waals surface area contributed by atoms with Crippen LogP contribution in [-0.4, -0.2) is 43.7 Å². The van der Waals surface area contributed by atoms with E-state index in [0.29, 0.717) is 5.75 Å². The molecule has 0 amide bonds. The number of anilines is 2. The lowest BCUT2D eigenvalue weighted by Crippen LogP contribution is -2.39. The molecule has 0 unspecified atom stereocenters. The van der Waals surface area contributed by atoms with Crippen molar-refractivity contribution in [2.75, 3.05) is 37.4 Å². The van der Waals surface area contributed by atoms with Gasteiger partial charge in [-0.3, -0.25) is 10.4 Å². The molecule has 158 valence electrons. The maximum Gasteiger partial charge on any atom is 0.177 e. The largest absolute Gasteiger partial charge is 0.505 e. The third-order valence-electron chi connectivity index (χ3n) is 5.83. The Morgan fingerprint density at radius 2 is 1.93 bits per heavy atom. The molecule has 5 nitrogen and oxygen atoms in total. The maximum atomic E-state index is 10.2. The SMILES string of the molecule is C=C/C(C(C)=[NH2+])=C1/C=CC=CC1=NC.CNc1cc2c3c(c1O)CCCN3CCC2. The molecule has 30 heavy (non-hydrogen) atoms. The summed E-state index contributed by atoms with van der Waals surface area (Å²) in [6, 6.07) is 2.12. The van der Waals surface area contributed by atoms with Crippen molar-refractivity contribution in [1.29, 1.82) is 0 Å². The number of rotatable bonds is 3. The van der Waals surface area contributed by atoms with Crippen LogP contribution in [0.2, 0.25) is 0 Å². The van der Waals surface area contributed by atoms with Crippen LogP contribution in [0.3, 0.4) is 0 Å². The molecule has 1 aliphatic carbocycles. The molecule has 0 saturated heterocycles. The molecule has 2 heterocycles. The standard InChI is InChI=1S/C13H18N2O.C12H14N2/c1-14-11-8-9-4-2-6-15-7-3-5-10(12(9)15)13(11)16;1-4-10(9(2)13)11-7-5-6-8-12(11)14-3/h8,14,16H,2-7H2,1H3;4-8,13H,1H2,2-3H3/p+1/b;11-10+,13-9?,14-12?. The number of phenolic OH excluding ortho intramolecular Hbond substituents is 1. The summed E-state index contributed by atoms with van der Waals surface area (Å²) in [5.41, 5.74) is 8.46. The van der Waals surface area contributed by atoms with Crippen molar-refractivity contribution in [3.05, 3.63) is 65.3 Å².